The number of rotatable bonds is 7. The van der Waals surface area contributed by atoms with Gasteiger partial charge in [-0.2, -0.15) is 0 Å². The Morgan fingerprint density at radius 1 is 1.23 bits per heavy atom. The number of benzene rings is 2. The van der Waals surface area contributed by atoms with Gasteiger partial charge in [-0.1, -0.05) is 29.8 Å². The number of carbonyl (C=O) groups excluding carboxylic acids is 1. The molecule has 5 nitrogen and oxygen atoms in total. The van der Waals surface area contributed by atoms with Gasteiger partial charge in [-0.15, -0.1) is 0 Å². The van der Waals surface area contributed by atoms with Gasteiger partial charge in [-0.3, -0.25) is 4.79 Å². The zero-order chi connectivity index (χ0) is 19.3. The maximum Gasteiger partial charge on any atom is 0.240 e. The fourth-order valence-electron chi connectivity index (χ4n) is 2.37. The van der Waals surface area contributed by atoms with Crippen LogP contribution in [0.1, 0.15) is 24.9 Å². The van der Waals surface area contributed by atoms with Crippen molar-refractivity contribution in [3.8, 4) is 0 Å². The molecule has 0 saturated heterocycles. The molecule has 1 N–H and O–H groups in total. The lowest BCUT2D eigenvalue weighted by atomic mass is 10.1. The molecule has 1 amide bonds. The van der Waals surface area contributed by atoms with Gasteiger partial charge < -0.3 is 4.90 Å². The number of carbonyl (C=O) groups is 1. The molecule has 2 aromatic carbocycles. The van der Waals surface area contributed by atoms with Crippen molar-refractivity contribution in [2.75, 3.05) is 13.6 Å². The van der Waals surface area contributed by atoms with Crippen molar-refractivity contribution in [2.45, 2.75) is 24.3 Å². The molecule has 26 heavy (non-hydrogen) atoms. The van der Waals surface area contributed by atoms with E-state index < -0.39 is 10.0 Å². The molecule has 0 aromatic heterocycles. The van der Waals surface area contributed by atoms with Crippen LogP contribution in [-0.2, 0) is 14.8 Å². The molecule has 0 heterocycles. The van der Waals surface area contributed by atoms with Crippen LogP contribution in [0.25, 0.3) is 0 Å². The molecule has 0 aliphatic rings. The average molecular weight is 399 g/mol. The van der Waals surface area contributed by atoms with Gasteiger partial charge in [0, 0.05) is 25.0 Å². The van der Waals surface area contributed by atoms with Crippen molar-refractivity contribution < 1.29 is 17.6 Å². The minimum atomic E-state index is -3.73. The summed E-state index contributed by atoms with van der Waals surface area (Å²) in [5.41, 5.74) is 0.793. The van der Waals surface area contributed by atoms with E-state index in [1.807, 2.05) is 6.92 Å². The fraction of sp³-hybridized carbons (Fsp3) is 0.278. The molecule has 0 fully saturated rings. The van der Waals surface area contributed by atoms with E-state index in [1.54, 1.807) is 31.3 Å². The molecule has 0 aliphatic carbocycles. The zero-order valence-corrected chi connectivity index (χ0v) is 16.0. The van der Waals surface area contributed by atoms with Gasteiger partial charge in [0.25, 0.3) is 0 Å². The average Bonchev–Trinajstić information content (AvgIpc) is 2.61. The van der Waals surface area contributed by atoms with E-state index in [2.05, 4.69) is 4.72 Å². The smallest absolute Gasteiger partial charge is 0.240 e. The first kappa shape index (κ1) is 20.4. The van der Waals surface area contributed by atoms with Crippen LogP contribution in [-0.4, -0.2) is 32.8 Å². The number of amides is 1. The Hall–Kier alpha value is -1.96. The molecular formula is C18H20ClFN2O3S. The molecule has 0 bridgehead atoms. The molecule has 0 saturated carbocycles. The first-order valence-electron chi connectivity index (χ1n) is 7.97. The van der Waals surface area contributed by atoms with Crippen LogP contribution in [0.4, 0.5) is 4.39 Å². The Balaban J connectivity index is 1.92. The Kier molecular flexibility index (Phi) is 6.75. The summed E-state index contributed by atoms with van der Waals surface area (Å²) in [5, 5.41) is 0.316. The number of hydrogen-bond acceptors (Lipinski definition) is 3. The number of halogens is 2. The summed E-state index contributed by atoms with van der Waals surface area (Å²) < 4.78 is 39.8. The van der Waals surface area contributed by atoms with E-state index in [9.17, 15) is 17.6 Å². The minimum absolute atomic E-state index is 0.00182. The Morgan fingerprint density at radius 2 is 1.88 bits per heavy atom. The van der Waals surface area contributed by atoms with Gasteiger partial charge in [-0.25, -0.2) is 17.5 Å². The monoisotopic (exact) mass is 398 g/mol. The molecule has 2 rings (SSSR count). The number of hydrogen-bond donors (Lipinski definition) is 1. The van der Waals surface area contributed by atoms with Gasteiger partial charge in [-0.05, 0) is 42.8 Å². The Morgan fingerprint density at radius 3 is 2.50 bits per heavy atom. The maximum absolute atomic E-state index is 13.0. The first-order chi connectivity index (χ1) is 12.2. The van der Waals surface area contributed by atoms with E-state index in [0.717, 1.165) is 5.56 Å². The zero-order valence-electron chi connectivity index (χ0n) is 14.4. The third-order valence-corrected chi connectivity index (χ3v) is 5.76. The van der Waals surface area contributed by atoms with Crippen LogP contribution in [0, 0.1) is 5.82 Å². The highest BCUT2D eigenvalue weighted by molar-refractivity contribution is 7.89. The maximum atomic E-state index is 13.0. The number of nitrogens with one attached hydrogen (secondary N) is 1. The van der Waals surface area contributed by atoms with Crippen LogP contribution >= 0.6 is 11.6 Å². The van der Waals surface area contributed by atoms with E-state index >= 15 is 0 Å². The quantitative estimate of drug-likeness (QED) is 0.777. The van der Waals surface area contributed by atoms with E-state index in [1.165, 1.54) is 29.2 Å². The van der Waals surface area contributed by atoms with E-state index in [-0.39, 0.29) is 35.6 Å². The third kappa shape index (κ3) is 5.27. The molecule has 0 radical (unpaired) electrons. The van der Waals surface area contributed by atoms with Crippen LogP contribution in [0.2, 0.25) is 5.02 Å². The Labute approximate surface area is 157 Å². The summed E-state index contributed by atoms with van der Waals surface area (Å²) >= 11 is 5.80. The van der Waals surface area contributed by atoms with Crippen molar-refractivity contribution in [1.29, 1.82) is 0 Å². The third-order valence-electron chi connectivity index (χ3n) is 4.06. The summed E-state index contributed by atoms with van der Waals surface area (Å²) in [7, 11) is -2.10. The molecular weight excluding hydrogens is 379 g/mol. The van der Waals surface area contributed by atoms with Crippen molar-refractivity contribution in [3.63, 3.8) is 0 Å². The summed E-state index contributed by atoms with van der Waals surface area (Å²) in [5.74, 6) is -0.569. The first-order valence-corrected chi connectivity index (χ1v) is 9.83. The lowest BCUT2D eigenvalue weighted by Gasteiger charge is -2.25. The Bertz CT molecular complexity index is 872. The highest BCUT2D eigenvalue weighted by Gasteiger charge is 2.19. The van der Waals surface area contributed by atoms with Gasteiger partial charge in [0.1, 0.15) is 5.82 Å². The lowest BCUT2D eigenvalue weighted by molar-refractivity contribution is -0.131. The van der Waals surface area contributed by atoms with Crippen LogP contribution < -0.4 is 4.72 Å². The largest absolute Gasteiger partial charge is 0.339 e. The molecule has 1 atom stereocenters. The lowest BCUT2D eigenvalue weighted by Crippen LogP contribution is -2.33. The highest BCUT2D eigenvalue weighted by atomic mass is 35.5. The standard InChI is InChI=1S/C18H20ClFN2O3S/c1-13(14-6-8-16(20)9-7-14)22(2)18(23)10-11-21-26(24,25)17-5-3-4-15(19)12-17/h3-9,12-13,21H,10-11H2,1-2H3. The van der Waals surface area contributed by atoms with Gasteiger partial charge in [0.15, 0.2) is 0 Å². The molecule has 140 valence electrons. The van der Waals surface area contributed by atoms with Crippen LogP contribution in [0.3, 0.4) is 0 Å². The second-order valence-corrected chi connectivity index (χ2v) is 8.04. The van der Waals surface area contributed by atoms with Gasteiger partial charge in [0.05, 0.1) is 10.9 Å². The topological polar surface area (TPSA) is 66.5 Å². The van der Waals surface area contributed by atoms with Crippen LogP contribution in [0.15, 0.2) is 53.4 Å². The van der Waals surface area contributed by atoms with Crippen molar-refractivity contribution in [2.24, 2.45) is 0 Å². The number of sulfonamides is 1. The molecule has 0 aliphatic heterocycles. The van der Waals surface area contributed by atoms with Crippen molar-refractivity contribution >= 4 is 27.5 Å². The second-order valence-electron chi connectivity index (χ2n) is 5.84. The fourth-order valence-corrected chi connectivity index (χ4v) is 3.70. The number of nitrogens with zero attached hydrogens (tertiary/aromatic N) is 1. The summed E-state index contributed by atoms with van der Waals surface area (Å²) in [6, 6.07) is 11.5. The predicted octanol–water partition coefficient (Wildman–Crippen LogP) is 3.37. The summed E-state index contributed by atoms with van der Waals surface area (Å²) in [6.45, 7) is 1.79. The molecule has 1 unspecified atom stereocenters. The van der Waals surface area contributed by atoms with Gasteiger partial charge in [0.2, 0.25) is 15.9 Å². The van der Waals surface area contributed by atoms with Crippen molar-refractivity contribution in [3.05, 3.63) is 64.9 Å². The molecule has 2 aromatic rings. The van der Waals surface area contributed by atoms with E-state index in [4.69, 9.17) is 11.6 Å². The predicted molar refractivity (Wildman–Crippen MR) is 98.8 cm³/mol. The van der Waals surface area contributed by atoms with Crippen molar-refractivity contribution in [1.82, 2.24) is 9.62 Å². The molecule has 8 heteroatoms. The highest BCUT2D eigenvalue weighted by Crippen LogP contribution is 2.20. The summed E-state index contributed by atoms with van der Waals surface area (Å²) in [6.07, 6.45) is 0.00182. The second kappa shape index (κ2) is 8.62. The van der Waals surface area contributed by atoms with Gasteiger partial charge >= 0.3 is 0 Å². The van der Waals surface area contributed by atoms with Crippen LogP contribution in [0.5, 0.6) is 0 Å². The SMILES string of the molecule is CC(c1ccc(F)cc1)N(C)C(=O)CCNS(=O)(=O)c1cccc(Cl)c1. The normalized spacial score (nSPS) is 12.6. The summed E-state index contributed by atoms with van der Waals surface area (Å²) in [4.78, 5) is 13.8. The van der Waals surface area contributed by atoms with E-state index in [0.29, 0.717) is 5.02 Å². The molecule has 0 spiro atoms. The minimum Gasteiger partial charge on any atom is -0.339 e.